The highest BCUT2D eigenvalue weighted by Crippen LogP contribution is 2.26. The van der Waals surface area contributed by atoms with Crippen molar-refractivity contribution in [3.05, 3.63) is 71.8 Å². The summed E-state index contributed by atoms with van der Waals surface area (Å²) in [5, 5.41) is 55.5. The molecule has 0 unspecified atom stereocenters. The number of nitrogens with zero attached hydrogens (tertiary/aromatic N) is 6. The number of carbonyl (C=O) groups is 3. The molecule has 3 N–H and O–H groups in total. The van der Waals surface area contributed by atoms with Crippen molar-refractivity contribution in [3.8, 4) is 18.2 Å². The van der Waals surface area contributed by atoms with Gasteiger partial charge in [-0.25, -0.2) is 14.4 Å². The summed E-state index contributed by atoms with van der Waals surface area (Å²) < 4.78 is 16.2. The van der Waals surface area contributed by atoms with E-state index in [0.717, 1.165) is 0 Å². The molecule has 0 saturated heterocycles. The highest BCUT2D eigenvalue weighted by Gasteiger charge is 2.35. The van der Waals surface area contributed by atoms with E-state index in [4.69, 9.17) is 29.5 Å². The zero-order chi connectivity index (χ0) is 36.4. The van der Waals surface area contributed by atoms with E-state index in [1.807, 2.05) is 0 Å². The predicted octanol–water partition coefficient (Wildman–Crippen LogP) is 0.676. The third-order valence-corrected chi connectivity index (χ3v) is 6.47. The summed E-state index contributed by atoms with van der Waals surface area (Å²) >= 11 is 0. The summed E-state index contributed by atoms with van der Waals surface area (Å²) in [5.41, 5.74) is -2.43. The van der Waals surface area contributed by atoms with Gasteiger partial charge >= 0.3 is 17.9 Å². The van der Waals surface area contributed by atoms with Gasteiger partial charge in [-0.05, 0) is 61.5 Å². The van der Waals surface area contributed by atoms with Gasteiger partial charge in [-0.3, -0.25) is 0 Å². The van der Waals surface area contributed by atoms with Crippen molar-refractivity contribution in [2.75, 3.05) is 80.4 Å². The Balaban J connectivity index is 6.13. The van der Waals surface area contributed by atoms with Crippen LogP contribution in [0.15, 0.2) is 71.8 Å². The molecular weight excluding hydrogens is 624 g/mol. The second-order valence-corrected chi connectivity index (χ2v) is 10.3. The molecule has 260 valence electrons. The van der Waals surface area contributed by atoms with Crippen molar-refractivity contribution < 1.29 is 43.9 Å². The fourth-order valence-corrected chi connectivity index (χ4v) is 3.33. The van der Waals surface area contributed by atoms with Gasteiger partial charge in [0.1, 0.15) is 54.7 Å². The maximum absolute atomic E-state index is 12.8. The van der Waals surface area contributed by atoms with Crippen LogP contribution in [0, 0.1) is 39.4 Å². The van der Waals surface area contributed by atoms with Crippen LogP contribution in [0.4, 0.5) is 0 Å². The molecule has 0 bridgehead atoms. The summed E-state index contributed by atoms with van der Waals surface area (Å²) in [6, 6.07) is 5.22. The average Bonchev–Trinajstić information content (AvgIpc) is 3.07. The average molecular weight is 669 g/mol. The molecule has 0 atom stereocenters. The van der Waals surface area contributed by atoms with Crippen LogP contribution in [0.25, 0.3) is 0 Å². The topological polar surface area (TPSA) is 221 Å². The van der Waals surface area contributed by atoms with Gasteiger partial charge in [0.15, 0.2) is 0 Å². The highest BCUT2D eigenvalue weighted by atomic mass is 16.6. The van der Waals surface area contributed by atoms with E-state index in [9.17, 15) is 30.2 Å². The molecule has 0 amide bonds. The van der Waals surface area contributed by atoms with Gasteiger partial charge in [-0.2, -0.15) is 15.8 Å². The molecule has 0 aromatic rings. The van der Waals surface area contributed by atoms with Crippen molar-refractivity contribution in [2.24, 2.45) is 5.41 Å². The lowest BCUT2D eigenvalue weighted by atomic mass is 9.88. The SMILES string of the molecule is CCC(COC(=O)C(C#N)=CC=CN(C)CCO)(COC(=O)C(C#N)=CC=CN(C)CCO)COC(=O)C(C#N)=CC=CN(C)CCO. The van der Waals surface area contributed by atoms with Crippen molar-refractivity contribution in [2.45, 2.75) is 13.3 Å². The van der Waals surface area contributed by atoms with Crippen LogP contribution in [0.2, 0.25) is 0 Å². The van der Waals surface area contributed by atoms with E-state index in [-0.39, 0.29) is 43.0 Å². The maximum atomic E-state index is 12.8. The number of carbonyl (C=O) groups excluding carboxylic acids is 3. The number of allylic oxidation sites excluding steroid dienone is 6. The molecule has 0 aliphatic carbocycles. The first-order valence-electron chi connectivity index (χ1n) is 14.8. The van der Waals surface area contributed by atoms with Crippen molar-refractivity contribution in [3.63, 3.8) is 0 Å². The number of hydrogen-bond donors (Lipinski definition) is 3. The first kappa shape index (κ1) is 42.6. The minimum atomic E-state index is -1.35. The first-order valence-corrected chi connectivity index (χ1v) is 14.8. The highest BCUT2D eigenvalue weighted by molar-refractivity contribution is 5.94. The molecule has 48 heavy (non-hydrogen) atoms. The number of hydrogen-bond acceptors (Lipinski definition) is 15. The van der Waals surface area contributed by atoms with Gasteiger partial charge in [-0.15, -0.1) is 0 Å². The summed E-state index contributed by atoms with van der Waals surface area (Å²) in [7, 11) is 5.04. The van der Waals surface area contributed by atoms with Gasteiger partial charge in [0, 0.05) is 40.8 Å². The van der Waals surface area contributed by atoms with E-state index in [1.165, 1.54) is 55.1 Å². The Bertz CT molecular complexity index is 1200. The molecule has 0 aliphatic heterocycles. The van der Waals surface area contributed by atoms with Gasteiger partial charge in [0.25, 0.3) is 0 Å². The lowest BCUT2D eigenvalue weighted by Crippen LogP contribution is -2.39. The van der Waals surface area contributed by atoms with E-state index in [1.54, 1.807) is 61.0 Å². The minimum Gasteiger partial charge on any atom is -0.461 e. The number of aliphatic hydroxyl groups is 3. The van der Waals surface area contributed by atoms with Crippen LogP contribution in [0.5, 0.6) is 0 Å². The Hall–Kier alpha value is -5.40. The molecular formula is C33H44N6O9. The van der Waals surface area contributed by atoms with E-state index in [2.05, 4.69) is 0 Å². The lowest BCUT2D eigenvalue weighted by molar-refractivity contribution is -0.156. The molecule has 0 aliphatic rings. The molecule has 0 heterocycles. The number of ether oxygens (including phenoxy) is 3. The Morgan fingerprint density at radius 1 is 0.604 bits per heavy atom. The molecule has 15 nitrogen and oxygen atoms in total. The number of likely N-dealkylation sites (N-methyl/N-ethyl adjacent to an activating group) is 3. The standard InChI is InChI=1S/C33H44N6O9/c1-5-33(24-46-30(43)27(21-34)9-6-12-37(2)15-18-40,25-47-31(44)28(22-35)10-7-13-38(3)16-19-41)26-48-32(45)29(23-36)11-8-14-39(4)17-20-42/h6-14,40-42H,5,15-20,24-26H2,1-4H3. The van der Waals surface area contributed by atoms with Crippen LogP contribution in [0.1, 0.15) is 13.3 Å². The second-order valence-electron chi connectivity index (χ2n) is 10.3. The van der Waals surface area contributed by atoms with Crippen molar-refractivity contribution in [1.29, 1.82) is 15.8 Å². The summed E-state index contributed by atoms with van der Waals surface area (Å²) in [4.78, 5) is 43.2. The van der Waals surface area contributed by atoms with Gasteiger partial charge in [0.05, 0.1) is 25.2 Å². The zero-order valence-corrected chi connectivity index (χ0v) is 27.7. The summed E-state index contributed by atoms with van der Waals surface area (Å²) in [5.74, 6) is -3.02. The Kier molecular flexibility index (Phi) is 22.0. The van der Waals surface area contributed by atoms with Crippen molar-refractivity contribution in [1.82, 2.24) is 14.7 Å². The predicted molar refractivity (Wildman–Crippen MR) is 173 cm³/mol. The molecule has 0 aromatic heterocycles. The first-order chi connectivity index (χ1) is 23.0. The van der Waals surface area contributed by atoms with Crippen molar-refractivity contribution >= 4 is 17.9 Å². The quantitative estimate of drug-likeness (QED) is 0.0475. The lowest BCUT2D eigenvalue weighted by Gasteiger charge is -2.30. The Morgan fingerprint density at radius 2 is 0.875 bits per heavy atom. The van der Waals surface area contributed by atoms with Gasteiger partial charge in [0.2, 0.25) is 0 Å². The minimum absolute atomic E-state index is 0.0966. The second kappa shape index (κ2) is 24.8. The summed E-state index contributed by atoms with van der Waals surface area (Å²) in [6.07, 6.45) is 12.6. The maximum Gasteiger partial charge on any atom is 0.348 e. The Morgan fingerprint density at radius 3 is 1.08 bits per heavy atom. The van der Waals surface area contributed by atoms with Gasteiger partial charge < -0.3 is 44.2 Å². The van der Waals surface area contributed by atoms with Crippen LogP contribution in [-0.2, 0) is 28.6 Å². The fourth-order valence-electron chi connectivity index (χ4n) is 3.33. The number of rotatable bonds is 22. The monoisotopic (exact) mass is 668 g/mol. The van der Waals surface area contributed by atoms with E-state index >= 15 is 0 Å². The van der Waals surface area contributed by atoms with E-state index in [0.29, 0.717) is 19.6 Å². The molecule has 15 heteroatoms. The third kappa shape index (κ3) is 17.3. The summed E-state index contributed by atoms with van der Waals surface area (Å²) in [6.45, 7) is 0.895. The molecule has 0 aromatic carbocycles. The zero-order valence-electron chi connectivity index (χ0n) is 27.7. The molecule has 0 radical (unpaired) electrons. The van der Waals surface area contributed by atoms with E-state index < -0.39 is 43.1 Å². The van der Waals surface area contributed by atoms with Crippen LogP contribution in [0.3, 0.4) is 0 Å². The van der Waals surface area contributed by atoms with Gasteiger partial charge in [-0.1, -0.05) is 6.92 Å². The smallest absolute Gasteiger partial charge is 0.348 e. The van der Waals surface area contributed by atoms with Crippen LogP contribution >= 0.6 is 0 Å². The molecule has 0 fully saturated rings. The van der Waals surface area contributed by atoms with Crippen LogP contribution < -0.4 is 0 Å². The molecule has 0 spiro atoms. The number of nitriles is 3. The molecule has 0 saturated carbocycles. The fraction of sp³-hybridized carbons (Fsp3) is 0.455. The Labute approximate surface area is 281 Å². The largest absolute Gasteiger partial charge is 0.461 e. The molecule has 0 rings (SSSR count). The number of aliphatic hydroxyl groups excluding tert-OH is 3. The third-order valence-electron chi connectivity index (χ3n) is 6.47. The normalized spacial score (nSPS) is 13.4. The van der Waals surface area contributed by atoms with Crippen LogP contribution in [-0.4, -0.2) is 128 Å². The number of esters is 3.